The Morgan fingerprint density at radius 1 is 0.968 bits per heavy atom. The van der Waals surface area contributed by atoms with Crippen LogP contribution in [0.1, 0.15) is 24.5 Å². The summed E-state index contributed by atoms with van der Waals surface area (Å²) in [6, 6.07) is 13.1. The molecule has 0 bridgehead atoms. The summed E-state index contributed by atoms with van der Waals surface area (Å²) in [5, 5.41) is 6.79. The Morgan fingerprint density at radius 3 is 2.42 bits per heavy atom. The molecular weight excluding hydrogens is 398 g/mol. The Labute approximate surface area is 182 Å². The van der Waals surface area contributed by atoms with E-state index < -0.39 is 5.91 Å². The van der Waals surface area contributed by atoms with Gasteiger partial charge in [0, 0.05) is 12.3 Å². The Morgan fingerprint density at radius 2 is 1.71 bits per heavy atom. The zero-order chi connectivity index (χ0) is 22.6. The molecule has 31 heavy (non-hydrogen) atoms. The number of carbonyl (C=O) groups excluding carboxylic acids is 2. The van der Waals surface area contributed by atoms with Gasteiger partial charge in [-0.15, -0.1) is 0 Å². The van der Waals surface area contributed by atoms with Crippen molar-refractivity contribution >= 4 is 17.5 Å². The van der Waals surface area contributed by atoms with E-state index >= 15 is 0 Å². The fourth-order valence-corrected chi connectivity index (χ4v) is 2.77. The van der Waals surface area contributed by atoms with Crippen LogP contribution in [0.5, 0.6) is 17.2 Å². The highest BCUT2D eigenvalue weighted by atomic mass is 16.5. The Balaban J connectivity index is 1.70. The van der Waals surface area contributed by atoms with Crippen LogP contribution in [-0.2, 0) is 16.0 Å². The van der Waals surface area contributed by atoms with Gasteiger partial charge in [0.15, 0.2) is 18.1 Å². The summed E-state index contributed by atoms with van der Waals surface area (Å²) in [6.45, 7) is 3.90. The van der Waals surface area contributed by atoms with Crippen molar-refractivity contribution in [3.05, 3.63) is 53.6 Å². The predicted molar refractivity (Wildman–Crippen MR) is 119 cm³/mol. The maximum Gasteiger partial charge on any atom is 0.277 e. The van der Waals surface area contributed by atoms with Crippen LogP contribution in [0, 0.1) is 6.92 Å². The molecular formula is C23H29N3O5. The zero-order valence-electron chi connectivity index (χ0n) is 18.4. The molecule has 0 saturated heterocycles. The number of carbonyl (C=O) groups is 2. The van der Waals surface area contributed by atoms with E-state index in [0.29, 0.717) is 35.9 Å². The molecule has 2 aromatic carbocycles. The molecule has 0 heterocycles. The van der Waals surface area contributed by atoms with Crippen LogP contribution in [0.25, 0.3) is 0 Å². The number of nitrogens with one attached hydrogen (secondary N) is 2. The standard InChI is InChI=1S/C23H29N3O5/c1-16-7-5-6-8-19(16)31-15-23(28)26-25-17(2)13-22(27)24-12-11-18-9-10-20(29-3)21(14-18)30-4/h5-10,14H,11-13,15H2,1-4H3,(H,24,27)(H,26,28)/b25-17-. The third kappa shape index (κ3) is 8.00. The Hall–Kier alpha value is -3.55. The number of para-hydroxylation sites is 1. The van der Waals surface area contributed by atoms with Crippen LogP contribution in [0.3, 0.4) is 0 Å². The van der Waals surface area contributed by atoms with E-state index in [0.717, 1.165) is 11.1 Å². The molecule has 0 fully saturated rings. The van der Waals surface area contributed by atoms with Crippen LogP contribution in [0.4, 0.5) is 0 Å². The van der Waals surface area contributed by atoms with Crippen molar-refractivity contribution in [1.29, 1.82) is 0 Å². The predicted octanol–water partition coefficient (Wildman–Crippen LogP) is 2.63. The van der Waals surface area contributed by atoms with E-state index in [1.807, 2.05) is 43.3 Å². The lowest BCUT2D eigenvalue weighted by Crippen LogP contribution is -2.29. The van der Waals surface area contributed by atoms with E-state index in [1.165, 1.54) is 0 Å². The minimum atomic E-state index is -0.392. The number of hydrogen-bond acceptors (Lipinski definition) is 6. The van der Waals surface area contributed by atoms with Crippen LogP contribution >= 0.6 is 0 Å². The second kappa shape index (κ2) is 12.2. The molecule has 0 aliphatic carbocycles. The lowest BCUT2D eigenvalue weighted by Gasteiger charge is -2.10. The molecule has 2 rings (SSSR count). The second-order valence-corrected chi connectivity index (χ2v) is 6.90. The van der Waals surface area contributed by atoms with Crippen molar-refractivity contribution < 1.29 is 23.8 Å². The first-order chi connectivity index (χ1) is 14.9. The molecule has 0 aliphatic rings. The summed E-state index contributed by atoms with van der Waals surface area (Å²) in [6.07, 6.45) is 0.736. The van der Waals surface area contributed by atoms with E-state index in [2.05, 4.69) is 15.8 Å². The van der Waals surface area contributed by atoms with Crippen molar-refractivity contribution in [3.8, 4) is 17.2 Å². The molecule has 0 spiro atoms. The fourth-order valence-electron chi connectivity index (χ4n) is 2.77. The van der Waals surface area contributed by atoms with Crippen LogP contribution in [-0.4, -0.2) is 44.9 Å². The first-order valence-corrected chi connectivity index (χ1v) is 9.91. The summed E-state index contributed by atoms with van der Waals surface area (Å²) in [5.74, 6) is 1.39. The molecule has 0 unspecified atom stereocenters. The van der Waals surface area contributed by atoms with Gasteiger partial charge >= 0.3 is 0 Å². The first kappa shape index (κ1) is 23.7. The largest absolute Gasteiger partial charge is 0.493 e. The van der Waals surface area contributed by atoms with Gasteiger partial charge in [-0.05, 0) is 49.6 Å². The summed E-state index contributed by atoms with van der Waals surface area (Å²) < 4.78 is 16.0. The van der Waals surface area contributed by atoms with Gasteiger partial charge in [0.05, 0.1) is 20.6 Å². The smallest absolute Gasteiger partial charge is 0.277 e. The first-order valence-electron chi connectivity index (χ1n) is 9.91. The van der Waals surface area contributed by atoms with Crippen molar-refractivity contribution in [2.75, 3.05) is 27.4 Å². The summed E-state index contributed by atoms with van der Waals surface area (Å²) in [7, 11) is 3.17. The molecule has 166 valence electrons. The van der Waals surface area contributed by atoms with Gasteiger partial charge in [0.25, 0.3) is 5.91 Å². The van der Waals surface area contributed by atoms with Crippen LogP contribution < -0.4 is 25.0 Å². The highest BCUT2D eigenvalue weighted by Gasteiger charge is 2.08. The number of hydrazone groups is 1. The molecule has 0 aromatic heterocycles. The molecule has 8 heteroatoms. The Kier molecular flexibility index (Phi) is 9.35. The minimum Gasteiger partial charge on any atom is -0.493 e. The topological polar surface area (TPSA) is 98.2 Å². The Bertz CT molecular complexity index is 927. The average molecular weight is 428 g/mol. The van der Waals surface area contributed by atoms with Crippen molar-refractivity contribution in [2.24, 2.45) is 5.10 Å². The number of aryl methyl sites for hydroxylation is 1. The zero-order valence-corrected chi connectivity index (χ0v) is 18.4. The molecule has 0 atom stereocenters. The number of methoxy groups -OCH3 is 2. The number of rotatable bonds is 11. The summed E-state index contributed by atoms with van der Waals surface area (Å²) in [5.41, 5.74) is 4.86. The third-order valence-corrected chi connectivity index (χ3v) is 4.42. The van der Waals surface area contributed by atoms with Crippen LogP contribution in [0.15, 0.2) is 47.6 Å². The molecule has 8 nitrogen and oxygen atoms in total. The van der Waals surface area contributed by atoms with Crippen molar-refractivity contribution in [2.45, 2.75) is 26.7 Å². The number of amides is 2. The second-order valence-electron chi connectivity index (χ2n) is 6.90. The average Bonchev–Trinajstić information content (AvgIpc) is 2.77. The number of hydrogen-bond donors (Lipinski definition) is 2. The lowest BCUT2D eigenvalue weighted by molar-refractivity contribution is -0.123. The van der Waals surface area contributed by atoms with Gasteiger partial charge in [-0.25, -0.2) is 5.43 Å². The summed E-state index contributed by atoms with van der Waals surface area (Å²) >= 11 is 0. The maximum absolute atomic E-state index is 12.1. The van der Waals surface area contributed by atoms with E-state index in [1.54, 1.807) is 27.2 Å². The van der Waals surface area contributed by atoms with Gasteiger partial charge in [-0.1, -0.05) is 24.3 Å². The number of nitrogens with zero attached hydrogens (tertiary/aromatic N) is 1. The molecule has 0 saturated carbocycles. The highest BCUT2D eigenvalue weighted by Crippen LogP contribution is 2.27. The van der Waals surface area contributed by atoms with Crippen LogP contribution in [0.2, 0.25) is 0 Å². The molecule has 0 aliphatic heterocycles. The van der Waals surface area contributed by atoms with E-state index in [-0.39, 0.29) is 18.9 Å². The number of benzene rings is 2. The van der Waals surface area contributed by atoms with Crippen molar-refractivity contribution in [1.82, 2.24) is 10.7 Å². The minimum absolute atomic E-state index is 0.0882. The van der Waals surface area contributed by atoms with Gasteiger partial charge < -0.3 is 19.5 Å². The summed E-state index contributed by atoms with van der Waals surface area (Å²) in [4.78, 5) is 24.0. The molecule has 2 aromatic rings. The van der Waals surface area contributed by atoms with Gasteiger partial charge in [-0.2, -0.15) is 5.10 Å². The molecule has 2 amide bonds. The van der Waals surface area contributed by atoms with Crippen molar-refractivity contribution in [3.63, 3.8) is 0 Å². The van der Waals surface area contributed by atoms with E-state index in [9.17, 15) is 9.59 Å². The fraction of sp³-hybridized carbons (Fsp3) is 0.348. The highest BCUT2D eigenvalue weighted by molar-refractivity contribution is 6.00. The molecule has 0 radical (unpaired) electrons. The quantitative estimate of drug-likeness (QED) is 0.424. The third-order valence-electron chi connectivity index (χ3n) is 4.42. The molecule has 2 N–H and O–H groups in total. The van der Waals surface area contributed by atoms with E-state index in [4.69, 9.17) is 14.2 Å². The maximum atomic E-state index is 12.1. The number of ether oxygens (including phenoxy) is 3. The normalized spacial score (nSPS) is 10.9. The SMILES string of the molecule is COc1ccc(CCNC(=O)C/C(C)=N\NC(=O)COc2ccccc2C)cc1OC. The van der Waals surface area contributed by atoms with Gasteiger partial charge in [0.1, 0.15) is 5.75 Å². The lowest BCUT2D eigenvalue weighted by atomic mass is 10.1. The monoisotopic (exact) mass is 427 g/mol. The van der Waals surface area contributed by atoms with Gasteiger partial charge in [-0.3, -0.25) is 9.59 Å². The van der Waals surface area contributed by atoms with Gasteiger partial charge in [0.2, 0.25) is 5.91 Å².